The van der Waals surface area contributed by atoms with Crippen LogP contribution in [0.4, 0.5) is 0 Å². The summed E-state index contributed by atoms with van der Waals surface area (Å²) < 4.78 is 0. The van der Waals surface area contributed by atoms with Crippen molar-refractivity contribution in [3.05, 3.63) is 36.0 Å². The highest BCUT2D eigenvalue weighted by atomic mass is 16.1. The fourth-order valence-electron chi connectivity index (χ4n) is 2.80. The van der Waals surface area contributed by atoms with Gasteiger partial charge in [0.1, 0.15) is 5.69 Å². The van der Waals surface area contributed by atoms with Crippen molar-refractivity contribution in [3.63, 3.8) is 0 Å². The molecule has 94 valence electrons. The van der Waals surface area contributed by atoms with Gasteiger partial charge in [-0.25, -0.2) is 0 Å². The lowest BCUT2D eigenvalue weighted by Gasteiger charge is -2.11. The molecule has 0 bridgehead atoms. The van der Waals surface area contributed by atoms with Crippen molar-refractivity contribution >= 4 is 16.8 Å². The van der Waals surface area contributed by atoms with Gasteiger partial charge < -0.3 is 10.3 Å². The highest BCUT2D eigenvalue weighted by molar-refractivity contribution is 5.98. The Balaban J connectivity index is 1.75. The first-order valence-corrected chi connectivity index (χ1v) is 6.61. The van der Waals surface area contributed by atoms with E-state index in [4.69, 9.17) is 0 Å². The molecular weight excluding hydrogens is 224 g/mol. The second-order valence-electron chi connectivity index (χ2n) is 5.36. The van der Waals surface area contributed by atoms with E-state index in [1.165, 1.54) is 6.42 Å². The highest BCUT2D eigenvalue weighted by Crippen LogP contribution is 2.25. The summed E-state index contributed by atoms with van der Waals surface area (Å²) in [5.74, 6) is 0.753. The number of aromatic nitrogens is 1. The predicted octanol–water partition coefficient (Wildman–Crippen LogP) is 3.09. The van der Waals surface area contributed by atoms with Crippen LogP contribution < -0.4 is 5.32 Å². The third-order valence-corrected chi connectivity index (χ3v) is 3.80. The molecule has 2 aromatic rings. The van der Waals surface area contributed by atoms with Gasteiger partial charge in [0.05, 0.1) is 0 Å². The number of hydrogen-bond acceptors (Lipinski definition) is 1. The molecule has 0 spiro atoms. The number of para-hydroxylation sites is 1. The molecule has 18 heavy (non-hydrogen) atoms. The van der Waals surface area contributed by atoms with Gasteiger partial charge in [-0.3, -0.25) is 4.79 Å². The van der Waals surface area contributed by atoms with Crippen LogP contribution in [-0.4, -0.2) is 16.9 Å². The summed E-state index contributed by atoms with van der Waals surface area (Å²) in [6, 6.07) is 10.2. The molecule has 1 aliphatic rings. The van der Waals surface area contributed by atoms with E-state index in [0.717, 1.165) is 29.7 Å². The first-order valence-electron chi connectivity index (χ1n) is 6.61. The first kappa shape index (κ1) is 11.3. The average Bonchev–Trinajstić information content (AvgIpc) is 2.95. The molecule has 2 N–H and O–H groups in total. The summed E-state index contributed by atoms with van der Waals surface area (Å²) in [5.41, 5.74) is 1.68. The van der Waals surface area contributed by atoms with E-state index in [2.05, 4.69) is 17.2 Å². The molecule has 2 atom stereocenters. The molecular formula is C15H18N2O. The maximum Gasteiger partial charge on any atom is 0.267 e. The maximum atomic E-state index is 12.1. The number of carbonyl (C=O) groups excluding carboxylic acids is 1. The maximum absolute atomic E-state index is 12.1. The third kappa shape index (κ3) is 2.13. The number of benzene rings is 1. The Bertz CT molecular complexity index is 540. The number of aromatic amines is 1. The largest absolute Gasteiger partial charge is 0.351 e. The summed E-state index contributed by atoms with van der Waals surface area (Å²) in [7, 11) is 0. The van der Waals surface area contributed by atoms with E-state index < -0.39 is 0 Å². The number of hydrogen-bond donors (Lipinski definition) is 2. The van der Waals surface area contributed by atoms with Crippen LogP contribution in [0.25, 0.3) is 10.9 Å². The molecule has 0 radical (unpaired) electrons. The van der Waals surface area contributed by atoms with Crippen molar-refractivity contribution in [1.29, 1.82) is 0 Å². The summed E-state index contributed by atoms with van der Waals surface area (Å²) in [6.07, 6.45) is 3.43. The monoisotopic (exact) mass is 242 g/mol. The van der Waals surface area contributed by atoms with Gasteiger partial charge in [-0.05, 0) is 37.3 Å². The van der Waals surface area contributed by atoms with Gasteiger partial charge in [-0.1, -0.05) is 25.1 Å². The highest BCUT2D eigenvalue weighted by Gasteiger charge is 2.23. The predicted molar refractivity (Wildman–Crippen MR) is 72.6 cm³/mol. The average molecular weight is 242 g/mol. The Morgan fingerprint density at radius 1 is 1.33 bits per heavy atom. The minimum absolute atomic E-state index is 0.0188. The Hall–Kier alpha value is -1.77. The Morgan fingerprint density at radius 2 is 2.17 bits per heavy atom. The van der Waals surface area contributed by atoms with Crippen LogP contribution in [0.1, 0.15) is 36.7 Å². The fraction of sp³-hybridized carbons (Fsp3) is 0.400. The van der Waals surface area contributed by atoms with Crippen molar-refractivity contribution in [2.45, 2.75) is 32.2 Å². The van der Waals surface area contributed by atoms with Gasteiger partial charge in [-0.15, -0.1) is 0 Å². The molecule has 1 fully saturated rings. The lowest BCUT2D eigenvalue weighted by molar-refractivity contribution is 0.0933. The zero-order chi connectivity index (χ0) is 12.5. The summed E-state index contributed by atoms with van der Waals surface area (Å²) >= 11 is 0. The quantitative estimate of drug-likeness (QED) is 0.835. The van der Waals surface area contributed by atoms with Crippen LogP contribution in [0.3, 0.4) is 0 Å². The smallest absolute Gasteiger partial charge is 0.267 e. The van der Waals surface area contributed by atoms with Crippen molar-refractivity contribution in [2.75, 3.05) is 0 Å². The lowest BCUT2D eigenvalue weighted by Crippen LogP contribution is -2.33. The number of carbonyl (C=O) groups is 1. The molecule has 1 heterocycles. The standard InChI is InChI=1S/C15H18N2O/c1-10-6-7-12(8-10)16-15(18)14-9-11-4-2-3-5-13(11)17-14/h2-5,9-10,12,17H,6-8H2,1H3,(H,16,18). The van der Waals surface area contributed by atoms with Crippen LogP contribution in [0.2, 0.25) is 0 Å². The van der Waals surface area contributed by atoms with Gasteiger partial charge in [0.2, 0.25) is 0 Å². The SMILES string of the molecule is CC1CCC(NC(=O)c2cc3ccccc3[nH]2)C1. The molecule has 0 saturated heterocycles. The Kier molecular flexibility index (Phi) is 2.82. The molecule has 1 aromatic heterocycles. The normalized spacial score (nSPS) is 23.4. The van der Waals surface area contributed by atoms with E-state index in [-0.39, 0.29) is 5.91 Å². The Morgan fingerprint density at radius 3 is 2.89 bits per heavy atom. The zero-order valence-electron chi connectivity index (χ0n) is 10.6. The van der Waals surface area contributed by atoms with Gasteiger partial charge >= 0.3 is 0 Å². The molecule has 0 aliphatic heterocycles. The molecule has 3 nitrogen and oxygen atoms in total. The summed E-state index contributed by atoms with van der Waals surface area (Å²) in [4.78, 5) is 15.3. The van der Waals surface area contributed by atoms with E-state index in [1.54, 1.807) is 0 Å². The number of fused-ring (bicyclic) bond motifs is 1. The van der Waals surface area contributed by atoms with Gasteiger partial charge in [-0.2, -0.15) is 0 Å². The van der Waals surface area contributed by atoms with E-state index in [1.807, 2.05) is 30.3 Å². The molecule has 2 unspecified atom stereocenters. The van der Waals surface area contributed by atoms with E-state index in [0.29, 0.717) is 11.7 Å². The fourth-order valence-corrected chi connectivity index (χ4v) is 2.80. The molecule has 1 amide bonds. The third-order valence-electron chi connectivity index (χ3n) is 3.80. The molecule has 3 rings (SSSR count). The molecule has 3 heteroatoms. The van der Waals surface area contributed by atoms with Crippen molar-refractivity contribution in [3.8, 4) is 0 Å². The van der Waals surface area contributed by atoms with Gasteiger partial charge in [0.25, 0.3) is 5.91 Å². The van der Waals surface area contributed by atoms with Crippen LogP contribution in [0, 0.1) is 5.92 Å². The summed E-state index contributed by atoms with van der Waals surface area (Å²) in [5, 5.41) is 4.20. The van der Waals surface area contributed by atoms with Crippen molar-refractivity contribution in [2.24, 2.45) is 5.92 Å². The minimum atomic E-state index is 0.0188. The second kappa shape index (κ2) is 4.48. The van der Waals surface area contributed by atoms with E-state index in [9.17, 15) is 4.79 Å². The number of rotatable bonds is 2. The van der Waals surface area contributed by atoms with Crippen LogP contribution >= 0.6 is 0 Å². The topological polar surface area (TPSA) is 44.9 Å². The van der Waals surface area contributed by atoms with Crippen LogP contribution in [-0.2, 0) is 0 Å². The zero-order valence-corrected chi connectivity index (χ0v) is 10.6. The summed E-state index contributed by atoms with van der Waals surface area (Å²) in [6.45, 7) is 2.25. The van der Waals surface area contributed by atoms with Crippen molar-refractivity contribution < 1.29 is 4.79 Å². The molecule has 1 aliphatic carbocycles. The Labute approximate surface area is 107 Å². The molecule has 1 saturated carbocycles. The van der Waals surface area contributed by atoms with E-state index >= 15 is 0 Å². The van der Waals surface area contributed by atoms with Crippen LogP contribution in [0.15, 0.2) is 30.3 Å². The number of H-pyrrole nitrogens is 1. The number of nitrogens with one attached hydrogen (secondary N) is 2. The van der Waals surface area contributed by atoms with Crippen LogP contribution in [0.5, 0.6) is 0 Å². The van der Waals surface area contributed by atoms with Crippen molar-refractivity contribution in [1.82, 2.24) is 10.3 Å². The first-order chi connectivity index (χ1) is 8.72. The van der Waals surface area contributed by atoms with Gasteiger partial charge in [0.15, 0.2) is 0 Å². The minimum Gasteiger partial charge on any atom is -0.351 e. The lowest BCUT2D eigenvalue weighted by atomic mass is 10.1. The number of amides is 1. The van der Waals surface area contributed by atoms with Gasteiger partial charge in [0, 0.05) is 16.9 Å². The second-order valence-corrected chi connectivity index (χ2v) is 5.36. The molecule has 1 aromatic carbocycles.